The number of aliphatic hydroxyl groups excluding tert-OH is 5. The Morgan fingerprint density at radius 1 is 0.944 bits per heavy atom. The molecule has 1 aromatic carbocycles. The molecule has 2 unspecified atom stereocenters. The molecule has 1 fully saturated rings. The zero-order valence-electron chi connectivity index (χ0n) is 9.50. The lowest BCUT2D eigenvalue weighted by Crippen LogP contribution is -2.41. The van der Waals surface area contributed by atoms with Gasteiger partial charge in [-0.2, -0.15) is 0 Å². The molecule has 2 rings (SSSR count). The fourth-order valence-corrected chi connectivity index (χ4v) is 1.99. The van der Waals surface area contributed by atoms with Crippen molar-refractivity contribution in [2.45, 2.75) is 36.8 Å². The van der Waals surface area contributed by atoms with Crippen molar-refractivity contribution < 1.29 is 30.3 Å². The third kappa shape index (κ3) is 2.39. The van der Waals surface area contributed by atoms with Crippen molar-refractivity contribution >= 4 is 0 Å². The van der Waals surface area contributed by atoms with E-state index in [1.165, 1.54) is 0 Å². The van der Waals surface area contributed by atoms with Crippen LogP contribution in [0, 0.1) is 0 Å². The number of aliphatic hydroxyl groups is 5. The quantitative estimate of drug-likeness (QED) is 0.451. The van der Waals surface area contributed by atoms with Gasteiger partial charge >= 0.3 is 0 Å². The first-order valence-corrected chi connectivity index (χ1v) is 5.63. The van der Waals surface area contributed by atoms with Crippen molar-refractivity contribution in [2.75, 3.05) is 0 Å². The molecule has 0 radical (unpaired) electrons. The Hall–Kier alpha value is -1.02. The predicted molar refractivity (Wildman–Crippen MR) is 60.3 cm³/mol. The van der Waals surface area contributed by atoms with E-state index in [1.54, 1.807) is 30.3 Å². The highest BCUT2D eigenvalue weighted by Gasteiger charge is 2.47. The molecule has 0 saturated carbocycles. The molecule has 1 aliphatic rings. The van der Waals surface area contributed by atoms with Crippen LogP contribution in [0.15, 0.2) is 30.3 Å². The molecule has 100 valence electrons. The zero-order valence-corrected chi connectivity index (χ0v) is 9.50. The number of rotatable bonds is 3. The van der Waals surface area contributed by atoms with E-state index in [1.807, 2.05) is 0 Å². The Balaban J connectivity index is 2.10. The molecule has 0 aromatic heterocycles. The molecule has 0 bridgehead atoms. The molecule has 6 heteroatoms. The van der Waals surface area contributed by atoms with E-state index < -0.39 is 36.8 Å². The van der Waals surface area contributed by atoms with Crippen LogP contribution in [0.4, 0.5) is 0 Å². The first-order valence-electron chi connectivity index (χ1n) is 5.63. The molecule has 0 spiro atoms. The summed E-state index contributed by atoms with van der Waals surface area (Å²) >= 11 is 0. The molecule has 18 heavy (non-hydrogen) atoms. The predicted octanol–water partition coefficient (Wildman–Crippen LogP) is -1.48. The molecular weight excluding hydrogens is 240 g/mol. The van der Waals surface area contributed by atoms with Gasteiger partial charge in [-0.05, 0) is 5.56 Å². The monoisotopic (exact) mass is 256 g/mol. The van der Waals surface area contributed by atoms with Crippen LogP contribution in [0.2, 0.25) is 0 Å². The minimum Gasteiger partial charge on any atom is -0.387 e. The minimum absolute atomic E-state index is 0.455. The molecule has 1 aliphatic heterocycles. The van der Waals surface area contributed by atoms with Crippen LogP contribution in [0.1, 0.15) is 11.7 Å². The standard InChI is InChI=1S/C12H16O6/c13-7(6-4-2-1-3-5-6)8(14)11-9(15)10(16)12(17)18-11/h1-5,7-17H/t7?,8-,9-,10-,11-,12?/m1/s1. The second kappa shape index (κ2) is 5.31. The van der Waals surface area contributed by atoms with Crippen molar-refractivity contribution in [1.82, 2.24) is 0 Å². The third-order valence-electron chi connectivity index (χ3n) is 3.08. The lowest BCUT2D eigenvalue weighted by Gasteiger charge is -2.25. The Morgan fingerprint density at radius 3 is 2.06 bits per heavy atom. The Kier molecular flexibility index (Phi) is 3.96. The van der Waals surface area contributed by atoms with E-state index in [9.17, 15) is 25.5 Å². The van der Waals surface area contributed by atoms with E-state index in [-0.39, 0.29) is 0 Å². The third-order valence-corrected chi connectivity index (χ3v) is 3.08. The average molecular weight is 256 g/mol. The first kappa shape index (κ1) is 13.4. The average Bonchev–Trinajstić information content (AvgIpc) is 2.66. The molecule has 6 atom stereocenters. The van der Waals surface area contributed by atoms with Gasteiger partial charge in [-0.3, -0.25) is 0 Å². The maximum atomic E-state index is 9.94. The van der Waals surface area contributed by atoms with Gasteiger partial charge in [0.15, 0.2) is 6.29 Å². The van der Waals surface area contributed by atoms with Gasteiger partial charge in [0.1, 0.15) is 30.5 Å². The normalized spacial score (nSPS) is 35.4. The van der Waals surface area contributed by atoms with Gasteiger partial charge in [0.2, 0.25) is 0 Å². The Labute approximate surface area is 104 Å². The molecule has 1 heterocycles. The summed E-state index contributed by atoms with van der Waals surface area (Å²) in [5.41, 5.74) is 0.455. The van der Waals surface area contributed by atoms with E-state index in [0.29, 0.717) is 5.56 Å². The van der Waals surface area contributed by atoms with Crippen molar-refractivity contribution in [1.29, 1.82) is 0 Å². The fourth-order valence-electron chi connectivity index (χ4n) is 1.99. The second-order valence-electron chi connectivity index (χ2n) is 4.32. The molecule has 6 nitrogen and oxygen atoms in total. The summed E-state index contributed by atoms with van der Waals surface area (Å²) in [6.07, 6.45) is -8.48. The highest BCUT2D eigenvalue weighted by Crippen LogP contribution is 2.28. The lowest BCUT2D eigenvalue weighted by molar-refractivity contribution is -0.161. The lowest BCUT2D eigenvalue weighted by atomic mass is 9.97. The number of hydrogen-bond acceptors (Lipinski definition) is 6. The second-order valence-corrected chi connectivity index (χ2v) is 4.32. The molecule has 1 aromatic rings. The molecule has 5 N–H and O–H groups in total. The highest BCUT2D eigenvalue weighted by molar-refractivity contribution is 5.19. The van der Waals surface area contributed by atoms with E-state index in [4.69, 9.17) is 4.74 Å². The SMILES string of the molecule is OC(c1ccccc1)[C@@H](O)[C@H]1OC(O)[C@H](O)[C@H]1O. The summed E-state index contributed by atoms with van der Waals surface area (Å²) in [6.45, 7) is 0. The van der Waals surface area contributed by atoms with Gasteiger partial charge in [-0.25, -0.2) is 0 Å². The Bertz CT molecular complexity index is 383. The van der Waals surface area contributed by atoms with Gasteiger partial charge in [-0.1, -0.05) is 30.3 Å². The molecule has 1 saturated heterocycles. The van der Waals surface area contributed by atoms with Crippen LogP contribution < -0.4 is 0 Å². The summed E-state index contributed by atoms with van der Waals surface area (Å²) in [6, 6.07) is 8.38. The first-order chi connectivity index (χ1) is 8.52. The van der Waals surface area contributed by atoms with Crippen LogP contribution in [-0.2, 0) is 4.74 Å². The summed E-state index contributed by atoms with van der Waals surface area (Å²) in [5, 5.41) is 48.0. The smallest absolute Gasteiger partial charge is 0.184 e. The zero-order chi connectivity index (χ0) is 13.3. The van der Waals surface area contributed by atoms with Crippen LogP contribution in [-0.4, -0.2) is 56.2 Å². The summed E-state index contributed by atoms with van der Waals surface area (Å²) in [4.78, 5) is 0. The van der Waals surface area contributed by atoms with Gasteiger partial charge in [-0.15, -0.1) is 0 Å². The topological polar surface area (TPSA) is 110 Å². The van der Waals surface area contributed by atoms with Crippen LogP contribution >= 0.6 is 0 Å². The summed E-state index contributed by atoms with van der Waals surface area (Å²) in [7, 11) is 0. The van der Waals surface area contributed by atoms with Gasteiger partial charge in [0.25, 0.3) is 0 Å². The largest absolute Gasteiger partial charge is 0.387 e. The number of ether oxygens (including phenoxy) is 1. The minimum atomic E-state index is -1.57. The molecule has 0 aliphatic carbocycles. The van der Waals surface area contributed by atoms with E-state index in [2.05, 4.69) is 0 Å². The highest BCUT2D eigenvalue weighted by atomic mass is 16.6. The van der Waals surface area contributed by atoms with Gasteiger partial charge in [0, 0.05) is 0 Å². The van der Waals surface area contributed by atoms with Gasteiger partial charge in [0.05, 0.1) is 0 Å². The summed E-state index contributed by atoms with van der Waals surface area (Å²) < 4.78 is 4.84. The van der Waals surface area contributed by atoms with Crippen LogP contribution in [0.3, 0.4) is 0 Å². The van der Waals surface area contributed by atoms with Crippen molar-refractivity contribution in [3.05, 3.63) is 35.9 Å². The number of benzene rings is 1. The van der Waals surface area contributed by atoms with Crippen molar-refractivity contribution in [3.63, 3.8) is 0 Å². The molecule has 0 amide bonds. The fraction of sp³-hybridized carbons (Fsp3) is 0.500. The van der Waals surface area contributed by atoms with Crippen molar-refractivity contribution in [2.24, 2.45) is 0 Å². The van der Waals surface area contributed by atoms with E-state index >= 15 is 0 Å². The Morgan fingerprint density at radius 2 is 1.56 bits per heavy atom. The summed E-state index contributed by atoms with van der Waals surface area (Å²) in [5.74, 6) is 0. The van der Waals surface area contributed by atoms with Gasteiger partial charge < -0.3 is 30.3 Å². The van der Waals surface area contributed by atoms with Crippen LogP contribution in [0.25, 0.3) is 0 Å². The van der Waals surface area contributed by atoms with Crippen molar-refractivity contribution in [3.8, 4) is 0 Å². The maximum absolute atomic E-state index is 9.94. The van der Waals surface area contributed by atoms with Crippen LogP contribution in [0.5, 0.6) is 0 Å². The maximum Gasteiger partial charge on any atom is 0.184 e. The number of hydrogen-bond donors (Lipinski definition) is 5. The van der Waals surface area contributed by atoms with E-state index in [0.717, 1.165) is 0 Å². The molecular formula is C12H16O6.